The number of non-ortho nitro benzene ring substituents is 2. The summed E-state index contributed by atoms with van der Waals surface area (Å²) in [6.45, 7) is 0. The summed E-state index contributed by atoms with van der Waals surface area (Å²) in [5, 5.41) is 31.7. The highest BCUT2D eigenvalue weighted by Gasteiger charge is 2.13. The van der Waals surface area contributed by atoms with E-state index in [1.165, 1.54) is 24.3 Å². The van der Waals surface area contributed by atoms with Crippen molar-refractivity contribution in [2.24, 2.45) is 10.3 Å². The molecule has 0 saturated carbocycles. The van der Waals surface area contributed by atoms with E-state index in [-0.39, 0.29) is 11.4 Å². The SMILES string of the molecule is O=[N+]([O-])c1ccc2nsc(N=NNc3snc4ccc([N+](=O)[O-])cc34)c2c1. The lowest BCUT2D eigenvalue weighted by Crippen LogP contribution is -1.88. The van der Waals surface area contributed by atoms with E-state index in [0.29, 0.717) is 31.8 Å². The van der Waals surface area contributed by atoms with E-state index in [0.717, 1.165) is 23.1 Å². The molecule has 4 aromatic rings. The van der Waals surface area contributed by atoms with Crippen molar-refractivity contribution in [1.29, 1.82) is 0 Å². The molecule has 0 unspecified atom stereocenters. The molecule has 0 fully saturated rings. The average Bonchev–Trinajstić information content (AvgIpc) is 3.25. The normalized spacial score (nSPS) is 11.4. The fraction of sp³-hybridized carbons (Fsp3) is 0. The highest BCUT2D eigenvalue weighted by Crippen LogP contribution is 2.34. The second-order valence-electron chi connectivity index (χ2n) is 5.23. The Morgan fingerprint density at radius 1 is 0.889 bits per heavy atom. The van der Waals surface area contributed by atoms with Crippen LogP contribution >= 0.6 is 23.1 Å². The number of nitrogens with one attached hydrogen (secondary N) is 1. The van der Waals surface area contributed by atoms with Gasteiger partial charge in [0.25, 0.3) is 11.4 Å². The Hall–Kier alpha value is -3.58. The molecule has 2 aromatic heterocycles. The van der Waals surface area contributed by atoms with E-state index in [1.807, 2.05) is 0 Å². The van der Waals surface area contributed by atoms with Crippen LogP contribution in [0.15, 0.2) is 46.7 Å². The van der Waals surface area contributed by atoms with Gasteiger partial charge in [0.1, 0.15) is 5.00 Å². The number of aromatic nitrogens is 2. The zero-order chi connectivity index (χ0) is 19.0. The zero-order valence-corrected chi connectivity index (χ0v) is 14.7. The quantitative estimate of drug-likeness (QED) is 0.286. The minimum Gasteiger partial charge on any atom is -0.258 e. The molecular formula is C14H7N7O4S2. The molecule has 27 heavy (non-hydrogen) atoms. The van der Waals surface area contributed by atoms with Crippen LogP contribution in [0.4, 0.5) is 21.4 Å². The molecule has 2 heterocycles. The number of nitro benzene ring substituents is 2. The Bertz CT molecular complexity index is 1230. The molecular weight excluding hydrogens is 394 g/mol. The van der Waals surface area contributed by atoms with Gasteiger partial charge in [-0.25, -0.2) is 5.43 Å². The monoisotopic (exact) mass is 401 g/mol. The van der Waals surface area contributed by atoms with Crippen LogP contribution in [-0.4, -0.2) is 18.6 Å². The third kappa shape index (κ3) is 3.16. The maximum atomic E-state index is 10.9. The maximum Gasteiger partial charge on any atom is 0.270 e. The number of anilines is 1. The van der Waals surface area contributed by atoms with Crippen molar-refractivity contribution in [1.82, 2.24) is 8.75 Å². The van der Waals surface area contributed by atoms with Crippen LogP contribution in [0.5, 0.6) is 0 Å². The minimum atomic E-state index is -0.493. The summed E-state index contributed by atoms with van der Waals surface area (Å²) in [7, 11) is 0. The smallest absolute Gasteiger partial charge is 0.258 e. The molecule has 2 aromatic carbocycles. The Kier molecular flexibility index (Phi) is 4.13. The molecule has 0 amide bonds. The number of hydrogen-bond acceptors (Lipinski definition) is 10. The first-order chi connectivity index (χ1) is 13.0. The number of nitro groups is 2. The van der Waals surface area contributed by atoms with E-state index >= 15 is 0 Å². The first-order valence-electron chi connectivity index (χ1n) is 7.27. The second kappa shape index (κ2) is 6.62. The average molecular weight is 401 g/mol. The van der Waals surface area contributed by atoms with E-state index in [4.69, 9.17) is 0 Å². The standard InChI is InChI=1S/C14H7N7O4S2/c22-20(23)7-1-3-11-9(5-7)13(26-17-11)15-19-16-14-10-6-8(21(24)25)2-4-12(10)18-27-14/h1-6H,(H,15,16). The third-order valence-corrected chi connectivity index (χ3v) is 5.16. The molecule has 0 aliphatic heterocycles. The Morgan fingerprint density at radius 2 is 1.48 bits per heavy atom. The van der Waals surface area contributed by atoms with Crippen LogP contribution in [0.25, 0.3) is 21.8 Å². The highest BCUT2D eigenvalue weighted by atomic mass is 32.1. The van der Waals surface area contributed by atoms with E-state index < -0.39 is 9.85 Å². The fourth-order valence-corrected chi connectivity index (χ4v) is 3.72. The molecule has 1 N–H and O–H groups in total. The van der Waals surface area contributed by atoms with Crippen LogP contribution in [0.3, 0.4) is 0 Å². The molecule has 0 aliphatic carbocycles. The summed E-state index contributed by atoms with van der Waals surface area (Å²) in [6.07, 6.45) is 0. The van der Waals surface area contributed by atoms with Gasteiger partial charge in [0.05, 0.1) is 20.9 Å². The van der Waals surface area contributed by atoms with E-state index in [1.54, 1.807) is 12.1 Å². The van der Waals surface area contributed by atoms with Gasteiger partial charge in [-0.1, -0.05) is 5.22 Å². The summed E-state index contributed by atoms with van der Waals surface area (Å²) < 4.78 is 8.35. The zero-order valence-electron chi connectivity index (χ0n) is 13.1. The van der Waals surface area contributed by atoms with Gasteiger partial charge in [0.15, 0.2) is 5.00 Å². The van der Waals surface area contributed by atoms with Gasteiger partial charge in [0, 0.05) is 35.0 Å². The molecule has 11 nitrogen and oxygen atoms in total. The molecule has 0 radical (unpaired) electrons. The van der Waals surface area contributed by atoms with Gasteiger partial charge in [-0.3, -0.25) is 20.2 Å². The van der Waals surface area contributed by atoms with Crippen molar-refractivity contribution in [3.05, 3.63) is 56.6 Å². The molecule has 0 aliphatic rings. The van der Waals surface area contributed by atoms with Crippen molar-refractivity contribution < 1.29 is 9.85 Å². The molecule has 13 heteroatoms. The molecule has 0 bridgehead atoms. The van der Waals surface area contributed by atoms with Crippen molar-refractivity contribution in [2.45, 2.75) is 0 Å². The van der Waals surface area contributed by atoms with E-state index in [2.05, 4.69) is 24.5 Å². The number of rotatable bonds is 5. The molecule has 0 spiro atoms. The van der Waals surface area contributed by atoms with Crippen LogP contribution in [0, 0.1) is 20.2 Å². The summed E-state index contributed by atoms with van der Waals surface area (Å²) in [5.74, 6) is 0. The number of benzene rings is 2. The lowest BCUT2D eigenvalue weighted by Gasteiger charge is -1.95. The minimum absolute atomic E-state index is 0.0524. The van der Waals surface area contributed by atoms with E-state index in [9.17, 15) is 20.2 Å². The highest BCUT2D eigenvalue weighted by molar-refractivity contribution is 7.12. The van der Waals surface area contributed by atoms with Crippen molar-refractivity contribution in [2.75, 3.05) is 5.43 Å². The van der Waals surface area contributed by atoms with Crippen molar-refractivity contribution >= 4 is 66.2 Å². The molecule has 4 rings (SSSR count). The first kappa shape index (κ1) is 16.9. The third-order valence-electron chi connectivity index (χ3n) is 3.62. The fourth-order valence-electron chi connectivity index (χ4n) is 2.34. The molecule has 0 saturated heterocycles. The summed E-state index contributed by atoms with van der Waals surface area (Å²) in [6, 6.07) is 8.65. The summed E-state index contributed by atoms with van der Waals surface area (Å²) >= 11 is 2.15. The number of nitrogens with zero attached hydrogens (tertiary/aromatic N) is 6. The van der Waals surface area contributed by atoms with Crippen LogP contribution in [0.1, 0.15) is 0 Å². The molecule has 134 valence electrons. The van der Waals surface area contributed by atoms with Gasteiger partial charge in [0.2, 0.25) is 0 Å². The van der Waals surface area contributed by atoms with Crippen LogP contribution in [0.2, 0.25) is 0 Å². The Morgan fingerprint density at radius 3 is 2.15 bits per heavy atom. The van der Waals surface area contributed by atoms with Crippen molar-refractivity contribution in [3.63, 3.8) is 0 Å². The van der Waals surface area contributed by atoms with Crippen LogP contribution < -0.4 is 5.43 Å². The summed E-state index contributed by atoms with van der Waals surface area (Å²) in [4.78, 5) is 20.9. The topological polar surface area (TPSA) is 149 Å². The Labute approximate surface area is 157 Å². The van der Waals surface area contributed by atoms with Gasteiger partial charge in [-0.05, 0) is 35.2 Å². The Balaban J connectivity index is 1.63. The molecule has 0 atom stereocenters. The van der Waals surface area contributed by atoms with Gasteiger partial charge < -0.3 is 0 Å². The first-order valence-corrected chi connectivity index (χ1v) is 8.82. The van der Waals surface area contributed by atoms with Crippen molar-refractivity contribution in [3.8, 4) is 0 Å². The predicted octanol–water partition coefficient (Wildman–Crippen LogP) is 4.83. The van der Waals surface area contributed by atoms with Gasteiger partial charge >= 0.3 is 0 Å². The van der Waals surface area contributed by atoms with Gasteiger partial charge in [-0.15, -0.1) is 5.11 Å². The largest absolute Gasteiger partial charge is 0.270 e. The van der Waals surface area contributed by atoms with Crippen LogP contribution in [-0.2, 0) is 0 Å². The maximum absolute atomic E-state index is 10.9. The predicted molar refractivity (Wildman–Crippen MR) is 101 cm³/mol. The lowest BCUT2D eigenvalue weighted by molar-refractivity contribution is -0.384. The number of hydrogen-bond donors (Lipinski definition) is 1. The summed E-state index contributed by atoms with van der Waals surface area (Å²) in [5.41, 5.74) is 3.78. The lowest BCUT2D eigenvalue weighted by atomic mass is 10.2. The number of fused-ring (bicyclic) bond motifs is 2. The van der Waals surface area contributed by atoms with Gasteiger partial charge in [-0.2, -0.15) is 8.75 Å². The second-order valence-corrected chi connectivity index (χ2v) is 6.75.